The van der Waals surface area contributed by atoms with Gasteiger partial charge in [-0.2, -0.15) is 0 Å². The first-order chi connectivity index (χ1) is 8.70. The predicted octanol–water partition coefficient (Wildman–Crippen LogP) is 3.59. The van der Waals surface area contributed by atoms with Crippen LogP contribution in [0.2, 0.25) is 0 Å². The fourth-order valence-corrected chi connectivity index (χ4v) is 1.73. The summed E-state index contributed by atoms with van der Waals surface area (Å²) in [4.78, 5) is 11.4. The van der Waals surface area contributed by atoms with Gasteiger partial charge in [0.15, 0.2) is 11.6 Å². The lowest BCUT2D eigenvalue weighted by Gasteiger charge is -2.19. The van der Waals surface area contributed by atoms with Gasteiger partial charge in [0.1, 0.15) is 12.2 Å². The highest BCUT2D eigenvalue weighted by Crippen LogP contribution is 2.22. The lowest BCUT2D eigenvalue weighted by molar-refractivity contribution is -0.160. The molecule has 0 unspecified atom stereocenters. The van der Waals surface area contributed by atoms with Crippen molar-refractivity contribution >= 4 is 21.9 Å². The first-order valence-corrected chi connectivity index (χ1v) is 6.42. The highest BCUT2D eigenvalue weighted by Gasteiger charge is 2.17. The molecule has 0 bridgehead atoms. The molecule has 0 aliphatic carbocycles. The first-order valence-electron chi connectivity index (χ1n) is 5.62. The molecule has 0 radical (unpaired) electrons. The van der Waals surface area contributed by atoms with E-state index in [0.717, 1.165) is 6.07 Å². The van der Waals surface area contributed by atoms with Crippen molar-refractivity contribution in [2.24, 2.45) is 0 Å². The Morgan fingerprint density at radius 2 is 1.95 bits per heavy atom. The molecule has 1 aromatic carbocycles. The third kappa shape index (κ3) is 5.24. The summed E-state index contributed by atoms with van der Waals surface area (Å²) in [6, 6.07) is 2.39. The third-order valence-electron chi connectivity index (χ3n) is 2.03. The van der Waals surface area contributed by atoms with Gasteiger partial charge in [-0.1, -0.05) is 15.9 Å². The van der Waals surface area contributed by atoms with E-state index in [4.69, 9.17) is 9.47 Å². The van der Waals surface area contributed by atoms with Gasteiger partial charge < -0.3 is 9.47 Å². The maximum absolute atomic E-state index is 13.5. The van der Waals surface area contributed by atoms with Crippen LogP contribution in [0.25, 0.3) is 0 Å². The van der Waals surface area contributed by atoms with Crippen molar-refractivity contribution in [1.82, 2.24) is 0 Å². The van der Waals surface area contributed by atoms with Crippen molar-refractivity contribution in [1.29, 1.82) is 0 Å². The fourth-order valence-electron chi connectivity index (χ4n) is 1.31. The summed E-state index contributed by atoms with van der Waals surface area (Å²) in [5, 5.41) is 0. The van der Waals surface area contributed by atoms with Gasteiger partial charge in [0.05, 0.1) is 6.61 Å². The molecule has 0 N–H and O–H groups in total. The number of halogens is 3. The summed E-state index contributed by atoms with van der Waals surface area (Å²) in [5.74, 6) is -2.50. The van der Waals surface area contributed by atoms with Crippen molar-refractivity contribution in [3.8, 4) is 0 Å². The lowest BCUT2D eigenvalue weighted by Crippen LogP contribution is -2.26. The second kappa shape index (κ2) is 6.43. The van der Waals surface area contributed by atoms with Crippen molar-refractivity contribution < 1.29 is 23.0 Å². The van der Waals surface area contributed by atoms with Gasteiger partial charge in [-0.05, 0) is 32.9 Å². The van der Waals surface area contributed by atoms with E-state index >= 15 is 0 Å². The van der Waals surface area contributed by atoms with Crippen LogP contribution in [0, 0.1) is 11.6 Å². The first kappa shape index (κ1) is 16.0. The quantitative estimate of drug-likeness (QED) is 0.622. The Morgan fingerprint density at radius 1 is 1.32 bits per heavy atom. The molecule has 0 saturated heterocycles. The molecule has 1 rings (SSSR count). The number of benzene rings is 1. The van der Waals surface area contributed by atoms with Crippen LogP contribution in [0.15, 0.2) is 16.6 Å². The van der Waals surface area contributed by atoms with E-state index in [1.807, 2.05) is 0 Å². The van der Waals surface area contributed by atoms with Crippen LogP contribution in [0.5, 0.6) is 0 Å². The van der Waals surface area contributed by atoms with E-state index in [2.05, 4.69) is 15.9 Å². The Hall–Kier alpha value is -1.01. The molecule has 0 aromatic heterocycles. The van der Waals surface area contributed by atoms with Gasteiger partial charge in [0, 0.05) is 10.0 Å². The monoisotopic (exact) mass is 336 g/mol. The van der Waals surface area contributed by atoms with Crippen LogP contribution in [0.4, 0.5) is 8.78 Å². The molecule has 0 aliphatic heterocycles. The third-order valence-corrected chi connectivity index (χ3v) is 2.77. The van der Waals surface area contributed by atoms with Crippen LogP contribution < -0.4 is 0 Å². The topological polar surface area (TPSA) is 35.5 Å². The summed E-state index contributed by atoms with van der Waals surface area (Å²) in [6.45, 7) is 4.65. The smallest absolute Gasteiger partial charge is 0.332 e. The SMILES string of the molecule is CC(C)(C)OC(=O)COCc1c(Br)ccc(F)c1F. The fraction of sp³-hybridized carbons (Fsp3) is 0.462. The van der Waals surface area contributed by atoms with Crippen molar-refractivity contribution in [2.75, 3.05) is 6.61 Å². The standard InChI is InChI=1S/C13H15BrF2O3/c1-13(2,3)19-11(17)7-18-6-8-9(14)4-5-10(15)12(8)16/h4-5H,6-7H2,1-3H3. The maximum Gasteiger partial charge on any atom is 0.332 e. The minimum absolute atomic E-state index is 0.0311. The number of hydrogen-bond acceptors (Lipinski definition) is 3. The zero-order valence-corrected chi connectivity index (χ0v) is 12.5. The Labute approximate surface area is 119 Å². The van der Waals surface area contributed by atoms with E-state index < -0.39 is 23.2 Å². The van der Waals surface area contributed by atoms with Gasteiger partial charge >= 0.3 is 5.97 Å². The van der Waals surface area contributed by atoms with Crippen LogP contribution >= 0.6 is 15.9 Å². The molecular formula is C13H15BrF2O3. The summed E-state index contributed by atoms with van der Waals surface area (Å²) >= 11 is 3.09. The van der Waals surface area contributed by atoms with Crippen LogP contribution in [0.3, 0.4) is 0 Å². The second-order valence-corrected chi connectivity index (χ2v) is 5.76. The van der Waals surface area contributed by atoms with Gasteiger partial charge in [-0.15, -0.1) is 0 Å². The average Bonchev–Trinajstić information content (AvgIpc) is 2.26. The number of ether oxygens (including phenoxy) is 2. The number of esters is 1. The number of rotatable bonds is 4. The number of carbonyl (C=O) groups excluding carboxylic acids is 1. The lowest BCUT2D eigenvalue weighted by atomic mass is 10.2. The largest absolute Gasteiger partial charge is 0.458 e. The minimum Gasteiger partial charge on any atom is -0.458 e. The van der Waals surface area contributed by atoms with E-state index in [1.165, 1.54) is 6.07 Å². The molecule has 0 fully saturated rings. The Bertz CT molecular complexity index is 470. The summed E-state index contributed by atoms with van der Waals surface area (Å²) < 4.78 is 36.9. The molecule has 0 aliphatic rings. The average molecular weight is 337 g/mol. The van der Waals surface area contributed by atoms with Crippen LogP contribution in [0.1, 0.15) is 26.3 Å². The van der Waals surface area contributed by atoms with E-state index in [9.17, 15) is 13.6 Å². The molecule has 19 heavy (non-hydrogen) atoms. The van der Waals surface area contributed by atoms with E-state index in [1.54, 1.807) is 20.8 Å². The van der Waals surface area contributed by atoms with Crippen LogP contribution in [-0.4, -0.2) is 18.2 Å². The molecule has 106 valence electrons. The van der Waals surface area contributed by atoms with Gasteiger partial charge in [0.2, 0.25) is 0 Å². The van der Waals surface area contributed by atoms with Crippen molar-refractivity contribution in [3.63, 3.8) is 0 Å². The molecular weight excluding hydrogens is 322 g/mol. The molecule has 0 atom stereocenters. The predicted molar refractivity (Wildman–Crippen MR) is 69.6 cm³/mol. The van der Waals surface area contributed by atoms with Gasteiger partial charge in [0.25, 0.3) is 0 Å². The minimum atomic E-state index is -0.987. The summed E-state index contributed by atoms with van der Waals surface area (Å²) in [6.07, 6.45) is 0. The highest BCUT2D eigenvalue weighted by molar-refractivity contribution is 9.10. The normalized spacial score (nSPS) is 11.5. The van der Waals surface area contributed by atoms with Gasteiger partial charge in [-0.25, -0.2) is 13.6 Å². The van der Waals surface area contributed by atoms with Crippen LogP contribution in [-0.2, 0) is 20.9 Å². The van der Waals surface area contributed by atoms with E-state index in [0.29, 0.717) is 4.47 Å². The zero-order valence-electron chi connectivity index (χ0n) is 10.9. The maximum atomic E-state index is 13.5. The number of hydrogen-bond donors (Lipinski definition) is 0. The zero-order chi connectivity index (χ0) is 14.6. The van der Waals surface area contributed by atoms with Crippen molar-refractivity contribution in [3.05, 3.63) is 33.8 Å². The Kier molecular flexibility index (Phi) is 5.43. The summed E-state index contributed by atoms with van der Waals surface area (Å²) in [7, 11) is 0. The Morgan fingerprint density at radius 3 is 2.53 bits per heavy atom. The molecule has 1 aromatic rings. The van der Waals surface area contributed by atoms with Crippen molar-refractivity contribution in [2.45, 2.75) is 33.0 Å². The van der Waals surface area contributed by atoms with Gasteiger partial charge in [-0.3, -0.25) is 0 Å². The molecule has 0 amide bonds. The number of carbonyl (C=O) groups is 1. The highest BCUT2D eigenvalue weighted by atomic mass is 79.9. The molecule has 6 heteroatoms. The second-order valence-electron chi connectivity index (χ2n) is 4.90. The summed E-state index contributed by atoms with van der Waals surface area (Å²) in [5.41, 5.74) is -0.575. The Balaban J connectivity index is 2.55. The molecule has 0 saturated carbocycles. The van der Waals surface area contributed by atoms with E-state index in [-0.39, 0.29) is 18.8 Å². The molecule has 3 nitrogen and oxygen atoms in total. The molecule has 0 spiro atoms. The molecule has 0 heterocycles.